The summed E-state index contributed by atoms with van der Waals surface area (Å²) in [6, 6.07) is 49.2. The molecule has 0 spiro atoms. The highest BCUT2D eigenvalue weighted by Gasteiger charge is 2.20. The number of unbranched alkanes of at least 4 members (excludes halogenated alkanes) is 9. The maximum absolute atomic E-state index is 12.8. The molecule has 4 amide bonds. The van der Waals surface area contributed by atoms with Gasteiger partial charge in [-0.1, -0.05) is 163 Å². The van der Waals surface area contributed by atoms with Gasteiger partial charge >= 0.3 is 0 Å². The summed E-state index contributed by atoms with van der Waals surface area (Å²) >= 11 is 10.9. The van der Waals surface area contributed by atoms with Crippen molar-refractivity contribution in [1.82, 2.24) is 53.3 Å². The zero-order valence-electron chi connectivity index (χ0n) is 62.1. The number of nitrogen functional groups attached to an aromatic ring is 2. The fourth-order valence-electron chi connectivity index (χ4n) is 11.4. The van der Waals surface area contributed by atoms with Crippen LogP contribution in [0.15, 0.2) is 173 Å². The molecule has 0 fully saturated rings. The zero-order chi connectivity index (χ0) is 78.0. The molecule has 0 bridgehead atoms. The summed E-state index contributed by atoms with van der Waals surface area (Å²) in [6.45, 7) is 16.4. The van der Waals surface area contributed by atoms with Crippen LogP contribution in [0.2, 0.25) is 0 Å². The predicted molar refractivity (Wildman–Crippen MR) is 421 cm³/mol. The van der Waals surface area contributed by atoms with E-state index in [4.69, 9.17) is 67.6 Å². The largest absolute Gasteiger partial charge is 0.494 e. The second kappa shape index (κ2) is 43.7. The summed E-state index contributed by atoms with van der Waals surface area (Å²) in [7, 11) is 0. The van der Waals surface area contributed by atoms with Gasteiger partial charge in [0.25, 0.3) is 34.1 Å². The lowest BCUT2D eigenvalue weighted by Crippen LogP contribution is -2.37. The quantitative estimate of drug-likeness (QED) is 0.00610. The fourth-order valence-corrected chi connectivity index (χ4v) is 11.8. The number of rotatable bonds is 34. The van der Waals surface area contributed by atoms with Crippen LogP contribution in [-0.4, -0.2) is 80.9 Å². The van der Waals surface area contributed by atoms with E-state index in [9.17, 15) is 28.8 Å². The van der Waals surface area contributed by atoms with Crippen LogP contribution in [-0.2, 0) is 16.3 Å². The van der Waals surface area contributed by atoms with Crippen molar-refractivity contribution in [1.29, 1.82) is 0 Å². The lowest BCUT2D eigenvalue weighted by Gasteiger charge is -2.13. The van der Waals surface area contributed by atoms with Crippen LogP contribution >= 0.6 is 23.2 Å². The summed E-state index contributed by atoms with van der Waals surface area (Å²) in [5.41, 5.74) is 21.5. The molecule has 27 heteroatoms. The number of carbonyl (C=O) groups excluding carboxylic acids is 6. The van der Waals surface area contributed by atoms with Crippen LogP contribution in [0.1, 0.15) is 189 Å². The van der Waals surface area contributed by atoms with E-state index in [1.54, 1.807) is 56.3 Å². The highest BCUT2D eigenvalue weighted by Crippen LogP contribution is 2.36. The Hall–Kier alpha value is -11.0. The van der Waals surface area contributed by atoms with E-state index in [1.165, 1.54) is 48.7 Å². The Morgan fingerprint density at radius 1 is 0.404 bits per heavy atom. The first-order valence-corrected chi connectivity index (χ1v) is 36.9. The number of fused-ring (bicyclic) bond motifs is 3. The minimum absolute atomic E-state index is 0.0845. The number of aryl methyl sites for hydroxylation is 3. The third kappa shape index (κ3) is 24.8. The number of nitrogens with two attached hydrogens (primary N) is 2. The van der Waals surface area contributed by atoms with E-state index in [1.807, 2.05) is 90.6 Å². The third-order valence-electron chi connectivity index (χ3n) is 17.0. The first-order chi connectivity index (χ1) is 52.9. The predicted octanol–water partition coefficient (Wildman–Crippen LogP) is 16.3. The molecule has 0 unspecified atom stereocenters. The van der Waals surface area contributed by atoms with Crippen molar-refractivity contribution in [3.05, 3.63) is 220 Å². The Balaban J connectivity index is 0.000000192. The molecule has 11 rings (SSSR count). The molecule has 0 saturated heterocycles. The molecular formula is C82H92Cl2N12O13. The minimum atomic E-state index is -0.551. The molecule has 25 nitrogen and oxygen atoms in total. The molecule has 9 aromatic carbocycles. The number of hydrazine groups is 4. The van der Waals surface area contributed by atoms with Gasteiger partial charge in [0, 0.05) is 57.0 Å². The molecular weight excluding hydrogens is 1430 g/mol. The Kier molecular flexibility index (Phi) is 33.5. The normalized spacial score (nSPS) is 10.8. The van der Waals surface area contributed by atoms with Gasteiger partial charge in [-0.2, -0.15) is 0 Å². The van der Waals surface area contributed by atoms with Crippen molar-refractivity contribution < 1.29 is 61.5 Å². The molecule has 0 aliphatic carbocycles. The van der Waals surface area contributed by atoms with Crippen molar-refractivity contribution in [3.63, 3.8) is 0 Å². The average molecular weight is 1520 g/mol. The molecule has 0 aliphatic rings. The number of nitrogens with zero attached hydrogens (tertiary/aromatic N) is 4. The maximum atomic E-state index is 12.8. The number of carbonyl (C=O) groups is 6. The average Bonchev–Trinajstić information content (AvgIpc) is 1.28. The van der Waals surface area contributed by atoms with Gasteiger partial charge in [-0.3, -0.25) is 60.1 Å². The number of halogens is 2. The first-order valence-electron chi connectivity index (χ1n) is 36.1. The molecule has 0 saturated carbocycles. The topological polar surface area (TPSA) is 351 Å². The van der Waals surface area contributed by atoms with Crippen LogP contribution in [0, 0.1) is 20.8 Å². The van der Waals surface area contributed by atoms with Crippen molar-refractivity contribution in [2.45, 2.75) is 132 Å². The summed E-state index contributed by atoms with van der Waals surface area (Å²) in [5, 5.41) is 21.1. The number of hydrogen-bond acceptors (Lipinski definition) is 21. The van der Waals surface area contributed by atoms with Crippen LogP contribution in [0.5, 0.6) is 17.2 Å². The number of aromatic nitrogens is 4. The number of ether oxygens (including phenoxy) is 3. The number of benzene rings is 9. The molecule has 0 atom stereocenters. The highest BCUT2D eigenvalue weighted by molar-refractivity contribution is 6.70. The van der Waals surface area contributed by atoms with Gasteiger partial charge < -0.3 is 23.0 Å². The Morgan fingerprint density at radius 3 is 1.32 bits per heavy atom. The fraction of sp³-hybridized carbons (Fsp3) is 0.293. The number of amides is 4. The zero-order valence-corrected chi connectivity index (χ0v) is 63.6. The molecule has 10 N–H and O–H groups in total. The van der Waals surface area contributed by atoms with Crippen molar-refractivity contribution >= 4 is 89.6 Å². The molecule has 0 aliphatic heterocycles. The van der Waals surface area contributed by atoms with Crippen molar-refractivity contribution in [2.75, 3.05) is 26.4 Å². The van der Waals surface area contributed by atoms with E-state index in [0.29, 0.717) is 106 Å². The molecule has 109 heavy (non-hydrogen) atoms. The number of nitrogens with one attached hydrogen (secondary N) is 6. The van der Waals surface area contributed by atoms with Gasteiger partial charge in [0.2, 0.25) is 23.6 Å². The smallest absolute Gasteiger partial charge is 0.267 e. The lowest BCUT2D eigenvalue weighted by atomic mass is 10.00. The summed E-state index contributed by atoms with van der Waals surface area (Å²) in [4.78, 5) is 81.3. The molecule has 11 aromatic rings. The van der Waals surface area contributed by atoms with Crippen molar-refractivity contribution in [3.8, 4) is 51.6 Å². The van der Waals surface area contributed by atoms with Gasteiger partial charge in [0.05, 0.1) is 33.0 Å². The van der Waals surface area contributed by atoms with Crippen molar-refractivity contribution in [2.24, 2.45) is 11.7 Å². The van der Waals surface area contributed by atoms with Gasteiger partial charge in [0.15, 0.2) is 0 Å². The Morgan fingerprint density at radius 2 is 0.826 bits per heavy atom. The Labute approximate surface area is 642 Å². The lowest BCUT2D eigenvalue weighted by molar-refractivity contribution is 0.000581. The minimum Gasteiger partial charge on any atom is -0.494 e. The molecule has 572 valence electrons. The van der Waals surface area contributed by atoms with Crippen LogP contribution in [0.4, 0.5) is 0 Å². The first kappa shape index (κ1) is 83.6. The third-order valence-corrected chi connectivity index (χ3v) is 17.4. The molecule has 2 aromatic heterocycles. The van der Waals surface area contributed by atoms with Crippen LogP contribution < -0.4 is 58.8 Å². The van der Waals surface area contributed by atoms with E-state index in [-0.39, 0.29) is 29.5 Å². The standard InChI is InChI=1S/C28H36N4O5.C28H28N4O3.C14H22N4O3.C12H6Cl2O2/c1-4-6-7-10-15-35-23-17-21(16-22(18-23)27(33)29-31-36-5-2)19-37-32-30-28(34)26-14-13-20(3)24-11-8-9-12-25(24)26;1-4-5-6-9-14-33-22-16-20(26-30-29-19(3)34-26)15-21(17-22)27-31-32-28(35-27)25-13-12-18(2)23-10-7-8-11-24(23)25;1-2-3-4-5-6-21-12-8-10(13(19)17-15)7-11(9-12)14(20)18-16;13-11(15)9-5-6-10(12(14)16)8-4-2-1-3-7(8)9/h8-9,11-14,16-18,31-32H,4-7,10,15,19H2,1-3H3,(H,29,33)(H,30,34);7-8,10-13,15-17H,4-6,9,14H2,1-3H3;7-9H,2-6,15-16H2,1H3,(H,17,19)(H,18,20);1-6H. The van der Waals surface area contributed by atoms with Gasteiger partial charge in [-0.25, -0.2) is 11.7 Å². The second-order valence-electron chi connectivity index (χ2n) is 25.1. The summed E-state index contributed by atoms with van der Waals surface area (Å²) in [6.07, 6.45) is 13.1. The monoisotopic (exact) mass is 1520 g/mol. The second-order valence-corrected chi connectivity index (χ2v) is 25.8. The van der Waals surface area contributed by atoms with Crippen LogP contribution in [0.3, 0.4) is 0 Å². The van der Waals surface area contributed by atoms with Gasteiger partial charge in [-0.15, -0.1) is 31.6 Å². The SMILES string of the molecule is CCCCCCOc1cc(-c2nnc(C)o2)cc(-c2nnc(-c3ccc(C)c4ccccc34)o2)c1.CCCCCCOc1cc(C(=O)NN)cc(C(=O)NN)c1.CCCCCCOc1cc(CONNC(=O)c2ccc(C)c3ccccc23)cc(C(=O)NNOCC)c1.O=C(Cl)c1ccc(C(=O)Cl)c2ccccc12. The molecule has 2 heterocycles. The van der Waals surface area contributed by atoms with E-state index < -0.39 is 22.3 Å². The van der Waals surface area contributed by atoms with E-state index >= 15 is 0 Å². The van der Waals surface area contributed by atoms with E-state index in [2.05, 4.69) is 88.3 Å². The maximum Gasteiger partial charge on any atom is 0.267 e. The van der Waals surface area contributed by atoms with Gasteiger partial charge in [-0.05, 0) is 191 Å². The molecule has 0 radical (unpaired) electrons. The summed E-state index contributed by atoms with van der Waals surface area (Å²) in [5.74, 6) is 12.0. The highest BCUT2D eigenvalue weighted by atomic mass is 35.5. The number of hydrogen-bond donors (Lipinski definition) is 8. The van der Waals surface area contributed by atoms with Gasteiger partial charge in [0.1, 0.15) is 17.2 Å². The Bertz CT molecular complexity index is 4790. The summed E-state index contributed by atoms with van der Waals surface area (Å²) < 4.78 is 29.4. The van der Waals surface area contributed by atoms with E-state index in [0.717, 1.165) is 108 Å². The van der Waals surface area contributed by atoms with Crippen LogP contribution in [0.25, 0.3) is 66.7 Å².